The van der Waals surface area contributed by atoms with Crippen LogP contribution in [0.15, 0.2) is 29.2 Å². The van der Waals surface area contributed by atoms with E-state index in [2.05, 4.69) is 5.32 Å². The van der Waals surface area contributed by atoms with E-state index in [4.69, 9.17) is 11.6 Å². The fourth-order valence-electron chi connectivity index (χ4n) is 3.06. The molecule has 2 atom stereocenters. The summed E-state index contributed by atoms with van der Waals surface area (Å²) < 4.78 is 27.6. The average molecular weight is 372 g/mol. The van der Waals surface area contributed by atoms with Crippen molar-refractivity contribution >= 4 is 33.2 Å². The first-order valence-electron chi connectivity index (χ1n) is 7.93. The van der Waals surface area contributed by atoms with Gasteiger partial charge >= 0.3 is 10.0 Å². The van der Waals surface area contributed by atoms with Crippen LogP contribution in [0.1, 0.15) is 39.7 Å². The predicted molar refractivity (Wildman–Crippen MR) is 95.2 cm³/mol. The van der Waals surface area contributed by atoms with E-state index in [1.165, 1.54) is 10.9 Å². The van der Waals surface area contributed by atoms with E-state index >= 15 is 0 Å². The molecule has 0 radical (unpaired) electrons. The van der Waals surface area contributed by atoms with Crippen LogP contribution < -0.4 is 5.32 Å². The van der Waals surface area contributed by atoms with E-state index in [9.17, 15) is 13.2 Å². The molecule has 0 aromatic heterocycles. The van der Waals surface area contributed by atoms with Crippen molar-refractivity contribution in [1.29, 1.82) is 0 Å². The second-order valence-electron chi connectivity index (χ2n) is 6.73. The van der Waals surface area contributed by atoms with Crippen molar-refractivity contribution in [2.45, 2.75) is 62.9 Å². The number of amidine groups is 1. The van der Waals surface area contributed by atoms with E-state index in [-0.39, 0.29) is 10.7 Å². The fourth-order valence-corrected chi connectivity index (χ4v) is 5.11. The molecule has 132 valence electrons. The van der Waals surface area contributed by atoms with Crippen LogP contribution in [0.4, 0.5) is 0 Å². The van der Waals surface area contributed by atoms with E-state index in [1.54, 1.807) is 24.3 Å². The number of sulfonamides is 1. The van der Waals surface area contributed by atoms with Crippen LogP contribution in [0.2, 0.25) is 0 Å². The lowest BCUT2D eigenvalue weighted by atomic mass is 9.94. The number of hydrogen-bond donors (Lipinski definition) is 1. The van der Waals surface area contributed by atoms with Gasteiger partial charge in [0.2, 0.25) is 6.04 Å². The lowest BCUT2D eigenvalue weighted by Gasteiger charge is -2.21. The van der Waals surface area contributed by atoms with Gasteiger partial charge in [0, 0.05) is 0 Å². The third-order valence-electron chi connectivity index (χ3n) is 4.22. The molecule has 0 fully saturated rings. The SMILES string of the molecule is CC[C@@H](Cl)C1=[N+](S(=O)(=O)c2ccc(C)cc2)[C@@H](C(C)=O)C(C)(C)N1. The number of ketones is 1. The normalized spacial score (nSPS) is 21.5. The molecule has 1 aromatic carbocycles. The smallest absolute Gasteiger partial charge is 0.295 e. The van der Waals surface area contributed by atoms with Crippen LogP contribution in [0, 0.1) is 6.92 Å². The zero-order chi connectivity index (χ0) is 18.3. The molecule has 7 heteroatoms. The Kier molecular flexibility index (Phi) is 5.11. The van der Waals surface area contributed by atoms with Gasteiger partial charge in [-0.05, 0) is 46.2 Å². The van der Waals surface area contributed by atoms with Gasteiger partial charge in [0.25, 0.3) is 5.84 Å². The zero-order valence-corrected chi connectivity index (χ0v) is 16.2. The molecule has 24 heavy (non-hydrogen) atoms. The van der Waals surface area contributed by atoms with E-state index in [0.717, 1.165) is 5.56 Å². The summed E-state index contributed by atoms with van der Waals surface area (Å²) in [5.74, 6) is 0.142. The monoisotopic (exact) mass is 371 g/mol. The summed E-state index contributed by atoms with van der Waals surface area (Å²) in [5, 5.41) is 2.64. The Labute approximate surface area is 148 Å². The molecule has 0 amide bonds. The minimum atomic E-state index is -3.90. The average Bonchev–Trinajstić information content (AvgIpc) is 2.79. The molecule has 0 aliphatic carbocycles. The van der Waals surface area contributed by atoms with Crippen LogP contribution >= 0.6 is 11.6 Å². The van der Waals surface area contributed by atoms with E-state index < -0.39 is 27.0 Å². The summed E-state index contributed by atoms with van der Waals surface area (Å²) in [6, 6.07) is 5.75. The maximum absolute atomic E-state index is 13.2. The van der Waals surface area contributed by atoms with Crippen LogP contribution in [-0.4, -0.2) is 41.0 Å². The Balaban J connectivity index is 2.71. The molecular formula is C17H24ClN2O3S+. The summed E-state index contributed by atoms with van der Waals surface area (Å²) in [5.41, 5.74) is 0.228. The maximum atomic E-state index is 13.2. The van der Waals surface area contributed by atoms with Gasteiger partial charge in [0.1, 0.15) is 15.8 Å². The number of alkyl halides is 1. The van der Waals surface area contributed by atoms with E-state index in [0.29, 0.717) is 12.3 Å². The Hall–Kier alpha value is -1.40. The number of nitrogens with zero attached hydrogens (tertiary/aromatic N) is 1. The van der Waals surface area contributed by atoms with Gasteiger partial charge in [0.05, 0.1) is 0 Å². The molecule has 0 bridgehead atoms. The lowest BCUT2D eigenvalue weighted by Crippen LogP contribution is -2.50. The van der Waals surface area contributed by atoms with Crippen LogP contribution in [0.3, 0.4) is 0 Å². The largest absolute Gasteiger partial charge is 0.331 e. The number of hydrogen-bond acceptors (Lipinski definition) is 4. The van der Waals surface area contributed by atoms with Crippen molar-refractivity contribution in [3.8, 4) is 0 Å². The van der Waals surface area contributed by atoms with Crippen LogP contribution in [0.25, 0.3) is 0 Å². The first kappa shape index (κ1) is 18.9. The Morgan fingerprint density at radius 3 is 2.33 bits per heavy atom. The number of halogens is 1. The summed E-state index contributed by atoms with van der Waals surface area (Å²) in [4.78, 5) is 12.4. The highest BCUT2D eigenvalue weighted by molar-refractivity contribution is 7.85. The highest BCUT2D eigenvalue weighted by Gasteiger charge is 2.56. The number of rotatable bonds is 5. The molecule has 5 nitrogen and oxygen atoms in total. The minimum absolute atomic E-state index is 0.149. The van der Waals surface area contributed by atoms with Gasteiger partial charge in [-0.1, -0.05) is 24.6 Å². The quantitative estimate of drug-likeness (QED) is 0.637. The Morgan fingerprint density at radius 1 is 1.33 bits per heavy atom. The zero-order valence-electron chi connectivity index (χ0n) is 14.6. The molecule has 0 saturated heterocycles. The standard InChI is InChI=1S/C17H23ClN2O3S/c1-6-14(18)16-19-17(4,5)15(12(3)21)20(16)24(22,23)13-9-7-11(2)8-10-13/h7-10,14-15H,6H2,1-5H3/p+1/t14-,15+/m1/s1. The minimum Gasteiger partial charge on any atom is -0.295 e. The number of Topliss-reactive ketones (excluding diaryl/α,β-unsaturated/α-hetero) is 1. The van der Waals surface area contributed by atoms with Crippen molar-refractivity contribution in [2.24, 2.45) is 0 Å². The van der Waals surface area contributed by atoms with Gasteiger partial charge in [-0.15, -0.1) is 15.6 Å². The van der Waals surface area contributed by atoms with Crippen molar-refractivity contribution < 1.29 is 17.2 Å². The summed E-state index contributed by atoms with van der Waals surface area (Å²) >= 11 is 6.37. The number of carbonyl (C=O) groups is 1. The van der Waals surface area contributed by atoms with Crippen LogP contribution in [0.5, 0.6) is 0 Å². The Morgan fingerprint density at radius 2 is 1.88 bits per heavy atom. The highest BCUT2D eigenvalue weighted by Crippen LogP contribution is 2.28. The van der Waals surface area contributed by atoms with Crippen molar-refractivity contribution in [3.05, 3.63) is 29.8 Å². The Bertz CT molecular complexity index is 783. The fraction of sp³-hybridized carbons (Fsp3) is 0.529. The van der Waals surface area contributed by atoms with Gasteiger partial charge in [-0.2, -0.15) is 8.42 Å². The molecule has 1 aromatic rings. The predicted octanol–water partition coefficient (Wildman–Crippen LogP) is 2.45. The molecule has 0 unspecified atom stereocenters. The number of benzene rings is 1. The second kappa shape index (κ2) is 6.48. The molecule has 1 aliphatic rings. The molecule has 1 heterocycles. The second-order valence-corrected chi connectivity index (χ2v) is 9.08. The summed E-state index contributed by atoms with van der Waals surface area (Å²) in [6.07, 6.45) is 0.546. The maximum Gasteiger partial charge on any atom is 0.331 e. The number of nitrogens with one attached hydrogen (secondary N) is 1. The van der Waals surface area contributed by atoms with Crippen molar-refractivity contribution in [1.82, 2.24) is 5.32 Å². The summed E-state index contributed by atoms with van der Waals surface area (Å²) in [6.45, 7) is 8.78. The lowest BCUT2D eigenvalue weighted by molar-refractivity contribution is -0.399. The van der Waals surface area contributed by atoms with Gasteiger partial charge in [-0.3, -0.25) is 10.1 Å². The summed E-state index contributed by atoms with van der Waals surface area (Å²) in [7, 11) is -3.90. The first-order valence-corrected chi connectivity index (χ1v) is 9.80. The topological polar surface area (TPSA) is 66.2 Å². The molecule has 2 rings (SSSR count). The molecule has 0 saturated carbocycles. The van der Waals surface area contributed by atoms with Crippen molar-refractivity contribution in [2.75, 3.05) is 0 Å². The third kappa shape index (κ3) is 3.22. The van der Waals surface area contributed by atoms with Gasteiger partial charge in [0.15, 0.2) is 5.78 Å². The first-order chi connectivity index (χ1) is 11.0. The number of carbonyl (C=O) groups excluding carboxylic acids is 1. The van der Waals surface area contributed by atoms with Crippen LogP contribution in [-0.2, 0) is 14.8 Å². The van der Waals surface area contributed by atoms with Crippen molar-refractivity contribution in [3.63, 3.8) is 0 Å². The molecule has 1 N–H and O–H groups in total. The van der Waals surface area contributed by atoms with Gasteiger partial charge < -0.3 is 0 Å². The van der Waals surface area contributed by atoms with E-state index in [1.807, 2.05) is 27.7 Å². The molecule has 0 spiro atoms. The molecular weight excluding hydrogens is 348 g/mol. The third-order valence-corrected chi connectivity index (χ3v) is 6.53. The molecule has 1 aliphatic heterocycles. The number of aryl methyl sites for hydroxylation is 1. The van der Waals surface area contributed by atoms with Gasteiger partial charge in [-0.25, -0.2) is 0 Å². The highest BCUT2D eigenvalue weighted by atomic mass is 35.5.